The molecule has 1 N–H and O–H groups in total. The van der Waals surface area contributed by atoms with E-state index in [0.717, 1.165) is 51.4 Å². The number of carbonyl (C=O) groups is 1. The minimum atomic E-state index is -0.680. The van der Waals surface area contributed by atoms with Crippen LogP contribution in [-0.4, -0.2) is 11.1 Å². The quantitative estimate of drug-likeness (QED) is 0.376. The van der Waals surface area contributed by atoms with Crippen molar-refractivity contribution in [3.8, 4) is 0 Å². The van der Waals surface area contributed by atoms with Gasteiger partial charge in [-0.3, -0.25) is 4.79 Å². The van der Waals surface area contributed by atoms with Gasteiger partial charge in [-0.1, -0.05) is 89.8 Å². The fourth-order valence-corrected chi connectivity index (χ4v) is 3.02. The van der Waals surface area contributed by atoms with E-state index >= 15 is 0 Å². The summed E-state index contributed by atoms with van der Waals surface area (Å²) >= 11 is 0. The minimum Gasteiger partial charge on any atom is -0.481 e. The standard InChI is InChI=1S/C18H34O2/c19-18(20)16-12-6-4-2-1-3-5-9-13-17-14-10-7-8-11-15-17/h17H,1-16H2,(H,19,20)/i10D,15D. The first-order chi connectivity index (χ1) is 10.6. The largest absolute Gasteiger partial charge is 0.481 e. The summed E-state index contributed by atoms with van der Waals surface area (Å²) in [5.41, 5.74) is 0. The Morgan fingerprint density at radius 1 is 0.950 bits per heavy atom. The van der Waals surface area contributed by atoms with Gasteiger partial charge in [-0.05, 0) is 12.3 Å². The van der Waals surface area contributed by atoms with Crippen LogP contribution >= 0.6 is 0 Å². The van der Waals surface area contributed by atoms with E-state index in [1.54, 1.807) is 0 Å². The normalized spacial score (nSPS) is 28.5. The molecule has 118 valence electrons. The second kappa shape index (κ2) is 12.2. The van der Waals surface area contributed by atoms with Crippen LogP contribution in [-0.2, 0) is 4.79 Å². The van der Waals surface area contributed by atoms with E-state index in [1.807, 2.05) is 0 Å². The third-order valence-electron chi connectivity index (χ3n) is 4.30. The van der Waals surface area contributed by atoms with Gasteiger partial charge in [-0.25, -0.2) is 0 Å². The summed E-state index contributed by atoms with van der Waals surface area (Å²) in [6, 6.07) is 0. The van der Waals surface area contributed by atoms with Crippen LogP contribution in [0.4, 0.5) is 0 Å². The highest BCUT2D eigenvalue weighted by Gasteiger charge is 2.11. The second-order valence-corrected chi connectivity index (χ2v) is 6.21. The number of hydrogen-bond donors (Lipinski definition) is 1. The molecule has 1 aliphatic rings. The third kappa shape index (κ3) is 10.3. The third-order valence-corrected chi connectivity index (χ3v) is 4.30. The molecule has 0 radical (unpaired) electrons. The van der Waals surface area contributed by atoms with E-state index in [4.69, 9.17) is 7.85 Å². The first-order valence-corrected chi connectivity index (χ1v) is 8.66. The maximum absolute atomic E-state index is 10.4. The lowest BCUT2D eigenvalue weighted by molar-refractivity contribution is -0.137. The molecule has 0 spiro atoms. The minimum absolute atomic E-state index is 0.0737. The topological polar surface area (TPSA) is 37.3 Å². The molecule has 0 bridgehead atoms. The fourth-order valence-electron chi connectivity index (χ4n) is 3.02. The lowest BCUT2D eigenvalue weighted by Crippen LogP contribution is -1.98. The number of unbranched alkanes of at least 4 members (excludes halogenated alkanes) is 7. The average molecular weight is 284 g/mol. The Morgan fingerprint density at radius 3 is 2.30 bits per heavy atom. The summed E-state index contributed by atoms with van der Waals surface area (Å²) in [6.07, 6.45) is 14.8. The first-order valence-electron chi connectivity index (χ1n) is 9.81. The second-order valence-electron chi connectivity index (χ2n) is 6.21. The van der Waals surface area contributed by atoms with Crippen LogP contribution < -0.4 is 0 Å². The van der Waals surface area contributed by atoms with Gasteiger partial charge in [0.2, 0.25) is 0 Å². The van der Waals surface area contributed by atoms with E-state index in [9.17, 15) is 4.79 Å². The summed E-state index contributed by atoms with van der Waals surface area (Å²) in [6.45, 7) is 0. The number of hydrogen-bond acceptors (Lipinski definition) is 1. The Morgan fingerprint density at radius 2 is 1.60 bits per heavy atom. The Labute approximate surface area is 128 Å². The molecule has 2 heteroatoms. The van der Waals surface area contributed by atoms with Gasteiger partial charge in [0.05, 0.1) is 0 Å². The predicted octanol–water partition coefficient (Wildman–Crippen LogP) is 5.94. The summed E-state index contributed by atoms with van der Waals surface area (Å²) in [4.78, 5) is 10.4. The van der Waals surface area contributed by atoms with Crippen molar-refractivity contribution in [2.45, 2.75) is 103 Å². The molecule has 0 amide bonds. The average Bonchev–Trinajstić information content (AvgIpc) is 2.62. The van der Waals surface area contributed by atoms with E-state index < -0.39 is 5.97 Å². The maximum atomic E-state index is 10.4. The van der Waals surface area contributed by atoms with E-state index in [2.05, 4.69) is 0 Å². The molecule has 0 aromatic rings. The van der Waals surface area contributed by atoms with Crippen LogP contribution in [0.5, 0.6) is 0 Å². The molecule has 1 fully saturated rings. The van der Waals surface area contributed by atoms with Crippen molar-refractivity contribution in [1.29, 1.82) is 0 Å². The van der Waals surface area contributed by atoms with Crippen LogP contribution in [0.15, 0.2) is 0 Å². The molecule has 1 rings (SSSR count). The van der Waals surface area contributed by atoms with Gasteiger partial charge >= 0.3 is 5.97 Å². The van der Waals surface area contributed by atoms with Gasteiger partial charge in [-0.2, -0.15) is 0 Å². The SMILES string of the molecule is [2H]C1CCCC([2H])C(CCCCCCCCCCC(=O)O)C1. The molecular weight excluding hydrogens is 248 g/mol. The maximum Gasteiger partial charge on any atom is 0.303 e. The predicted molar refractivity (Wildman–Crippen MR) is 85.0 cm³/mol. The zero-order valence-electron chi connectivity index (χ0n) is 15.0. The number of carboxylic acids is 1. The molecular formula is C18H34O2. The molecule has 3 atom stereocenters. The van der Waals surface area contributed by atoms with Gasteiger partial charge in [0.25, 0.3) is 0 Å². The van der Waals surface area contributed by atoms with Gasteiger partial charge in [0, 0.05) is 9.16 Å². The van der Waals surface area contributed by atoms with Crippen molar-refractivity contribution >= 4 is 5.97 Å². The van der Waals surface area contributed by atoms with Crippen molar-refractivity contribution in [3.05, 3.63) is 0 Å². The summed E-state index contributed by atoms with van der Waals surface area (Å²) < 4.78 is 16.1. The van der Waals surface area contributed by atoms with Crippen molar-refractivity contribution in [2.24, 2.45) is 5.92 Å². The van der Waals surface area contributed by atoms with Crippen LogP contribution in [0.2, 0.25) is 0 Å². The highest BCUT2D eigenvalue weighted by atomic mass is 16.4. The summed E-state index contributed by atoms with van der Waals surface area (Å²) in [7, 11) is 0. The van der Waals surface area contributed by atoms with Gasteiger partial charge in [0.15, 0.2) is 0 Å². The lowest BCUT2D eigenvalue weighted by Gasteiger charge is -2.13. The Bertz CT molecular complexity index is 297. The van der Waals surface area contributed by atoms with Crippen molar-refractivity contribution in [3.63, 3.8) is 0 Å². The van der Waals surface area contributed by atoms with Crippen LogP contribution in [0.1, 0.15) is 105 Å². The number of aliphatic carboxylic acids is 1. The molecule has 0 heterocycles. The van der Waals surface area contributed by atoms with Crippen LogP contribution in [0.3, 0.4) is 0 Å². The molecule has 1 aliphatic carbocycles. The van der Waals surface area contributed by atoms with Gasteiger partial charge in [-0.15, -0.1) is 0 Å². The first kappa shape index (κ1) is 14.4. The Balaban J connectivity index is 1.93. The molecule has 20 heavy (non-hydrogen) atoms. The fraction of sp³-hybridized carbons (Fsp3) is 0.944. The van der Waals surface area contributed by atoms with E-state index in [0.29, 0.717) is 12.3 Å². The van der Waals surface area contributed by atoms with Crippen molar-refractivity contribution < 1.29 is 12.6 Å². The monoisotopic (exact) mass is 284 g/mol. The van der Waals surface area contributed by atoms with Crippen LogP contribution in [0, 0.1) is 5.92 Å². The van der Waals surface area contributed by atoms with Crippen molar-refractivity contribution in [1.82, 2.24) is 0 Å². The molecule has 0 aromatic heterocycles. The zero-order valence-corrected chi connectivity index (χ0v) is 13.0. The Hall–Kier alpha value is -0.530. The summed E-state index contributed by atoms with van der Waals surface area (Å²) in [5.74, 6) is -0.220. The van der Waals surface area contributed by atoms with E-state index in [1.165, 1.54) is 32.1 Å². The van der Waals surface area contributed by atoms with Gasteiger partial charge < -0.3 is 5.11 Å². The smallest absolute Gasteiger partial charge is 0.303 e. The number of carboxylic acid groups (broad SMARTS) is 1. The molecule has 2 nitrogen and oxygen atoms in total. The van der Waals surface area contributed by atoms with Gasteiger partial charge in [0.1, 0.15) is 0 Å². The van der Waals surface area contributed by atoms with Crippen molar-refractivity contribution in [2.75, 3.05) is 0 Å². The molecule has 0 aromatic carbocycles. The Kier molecular flexibility index (Phi) is 8.81. The molecule has 1 saturated carbocycles. The van der Waals surface area contributed by atoms with Crippen LogP contribution in [0.25, 0.3) is 0 Å². The molecule has 0 aliphatic heterocycles. The lowest BCUT2D eigenvalue weighted by atomic mass is 9.93. The summed E-state index contributed by atoms with van der Waals surface area (Å²) in [5, 5.41) is 8.55. The molecule has 0 saturated heterocycles. The highest BCUT2D eigenvalue weighted by Crippen LogP contribution is 2.27. The zero-order chi connectivity index (χ0) is 16.2. The number of rotatable bonds is 11. The molecule has 3 unspecified atom stereocenters. The highest BCUT2D eigenvalue weighted by molar-refractivity contribution is 5.66. The van der Waals surface area contributed by atoms with E-state index in [-0.39, 0.29) is 12.8 Å².